The van der Waals surface area contributed by atoms with Crippen molar-refractivity contribution in [3.8, 4) is 0 Å². The quantitative estimate of drug-likeness (QED) is 0.379. The Morgan fingerprint density at radius 2 is 2.11 bits per heavy atom. The van der Waals surface area contributed by atoms with Crippen LogP contribution < -0.4 is 11.1 Å². The highest BCUT2D eigenvalue weighted by Crippen LogP contribution is 2.23. The van der Waals surface area contributed by atoms with Crippen molar-refractivity contribution in [2.24, 2.45) is 5.73 Å². The van der Waals surface area contributed by atoms with Gasteiger partial charge in [-0.1, -0.05) is 6.07 Å². The molecule has 1 amide bonds. The number of carbonyl (C=O) groups excluding carboxylic acids is 2. The van der Waals surface area contributed by atoms with Crippen LogP contribution >= 0.6 is 0 Å². The summed E-state index contributed by atoms with van der Waals surface area (Å²) >= 11 is 0. The van der Waals surface area contributed by atoms with Crippen LogP contribution in [0.1, 0.15) is 42.3 Å². The third-order valence-corrected chi connectivity index (χ3v) is 4.98. The average molecular weight is 386 g/mol. The summed E-state index contributed by atoms with van der Waals surface area (Å²) in [7, 11) is 0. The maximum Gasteiger partial charge on any atom is 0.307 e. The van der Waals surface area contributed by atoms with Crippen molar-refractivity contribution in [2.45, 2.75) is 32.2 Å². The van der Waals surface area contributed by atoms with Crippen molar-refractivity contribution in [2.75, 3.05) is 26.2 Å². The monoisotopic (exact) mass is 386 g/mol. The maximum atomic E-state index is 12.6. The van der Waals surface area contributed by atoms with Gasteiger partial charge in [-0.25, -0.2) is 0 Å². The molecule has 0 unspecified atom stereocenters. The molecule has 2 heterocycles. The van der Waals surface area contributed by atoms with E-state index in [1.54, 1.807) is 25.1 Å². The van der Waals surface area contributed by atoms with E-state index in [9.17, 15) is 9.59 Å². The highest BCUT2D eigenvalue weighted by molar-refractivity contribution is 6.07. The number of amidine groups is 1. The summed E-state index contributed by atoms with van der Waals surface area (Å²) in [5.74, 6) is -0.162. The highest BCUT2D eigenvalue weighted by Gasteiger charge is 2.23. The number of hydrogen-bond acceptors (Lipinski definition) is 6. The second-order valence-corrected chi connectivity index (χ2v) is 6.92. The van der Waals surface area contributed by atoms with E-state index in [1.807, 2.05) is 0 Å². The van der Waals surface area contributed by atoms with Crippen molar-refractivity contribution < 1.29 is 18.7 Å². The van der Waals surface area contributed by atoms with Crippen molar-refractivity contribution >= 4 is 28.5 Å². The van der Waals surface area contributed by atoms with Gasteiger partial charge in [-0.15, -0.1) is 0 Å². The van der Waals surface area contributed by atoms with Crippen LogP contribution in [0.25, 0.3) is 10.8 Å². The molecule has 150 valence electrons. The topological polar surface area (TPSA) is 122 Å². The van der Waals surface area contributed by atoms with Crippen LogP contribution in [0.5, 0.6) is 0 Å². The predicted molar refractivity (Wildman–Crippen MR) is 105 cm³/mol. The third-order valence-electron chi connectivity index (χ3n) is 4.98. The minimum atomic E-state index is -0.240. The molecule has 1 aliphatic rings. The van der Waals surface area contributed by atoms with Gasteiger partial charge in [-0.2, -0.15) is 0 Å². The van der Waals surface area contributed by atoms with Gasteiger partial charge in [0.15, 0.2) is 5.76 Å². The second-order valence-electron chi connectivity index (χ2n) is 6.92. The molecule has 3 rings (SSSR count). The molecular weight excluding hydrogens is 360 g/mol. The van der Waals surface area contributed by atoms with E-state index in [0.29, 0.717) is 30.5 Å². The van der Waals surface area contributed by atoms with Gasteiger partial charge >= 0.3 is 5.97 Å². The summed E-state index contributed by atoms with van der Waals surface area (Å²) in [5.41, 5.74) is 6.10. The van der Waals surface area contributed by atoms with Crippen LogP contribution in [0.4, 0.5) is 0 Å². The second kappa shape index (κ2) is 8.88. The molecule has 1 saturated heterocycles. The van der Waals surface area contributed by atoms with Crippen LogP contribution in [-0.2, 0) is 9.53 Å². The van der Waals surface area contributed by atoms with Gasteiger partial charge in [0.25, 0.3) is 5.91 Å². The molecular formula is C20H26N4O4. The molecule has 4 N–H and O–H groups in total. The van der Waals surface area contributed by atoms with Gasteiger partial charge in [0.2, 0.25) is 0 Å². The molecule has 1 aliphatic heterocycles. The third kappa shape index (κ3) is 4.69. The van der Waals surface area contributed by atoms with Gasteiger partial charge in [-0.3, -0.25) is 15.0 Å². The molecule has 1 fully saturated rings. The van der Waals surface area contributed by atoms with Gasteiger partial charge < -0.3 is 25.1 Å². The molecule has 1 aromatic heterocycles. The highest BCUT2D eigenvalue weighted by atomic mass is 16.5. The first-order valence-corrected chi connectivity index (χ1v) is 9.52. The van der Waals surface area contributed by atoms with Gasteiger partial charge in [0.05, 0.1) is 19.3 Å². The first kappa shape index (κ1) is 19.9. The summed E-state index contributed by atoms with van der Waals surface area (Å²) in [6.45, 7) is 4.54. The number of carbonyl (C=O) groups is 2. The van der Waals surface area contributed by atoms with Crippen molar-refractivity contribution in [1.29, 1.82) is 5.41 Å². The maximum absolute atomic E-state index is 12.6. The van der Waals surface area contributed by atoms with Gasteiger partial charge in [0.1, 0.15) is 5.84 Å². The number of nitrogens with one attached hydrogen (secondary N) is 2. The largest absolute Gasteiger partial charge is 0.466 e. The molecule has 8 nitrogen and oxygen atoms in total. The molecule has 8 heteroatoms. The van der Waals surface area contributed by atoms with Crippen LogP contribution in [0, 0.1) is 5.41 Å². The molecule has 0 atom stereocenters. The number of nitrogen functional groups attached to an aromatic ring is 1. The lowest BCUT2D eigenvalue weighted by Gasteiger charge is -2.31. The summed E-state index contributed by atoms with van der Waals surface area (Å²) in [5, 5.41) is 12.0. The number of rotatable bonds is 7. The Kier molecular flexibility index (Phi) is 6.30. The molecule has 0 radical (unpaired) electrons. The minimum Gasteiger partial charge on any atom is -0.466 e. The normalized spacial score (nSPS) is 15.5. The number of esters is 1. The number of hydrogen-bond donors (Lipinski definition) is 3. The smallest absolute Gasteiger partial charge is 0.307 e. The Bertz CT molecular complexity index is 868. The number of furan rings is 1. The van der Waals surface area contributed by atoms with E-state index < -0.39 is 0 Å². The standard InChI is InChI=1S/C20H26N4O4/c1-2-27-17(25)7-10-24-8-5-15(6-9-24)23-20(26)18-16-4-3-13(19(21)22)11-14(16)12-28-18/h3-4,11-12,15H,2,5-10H2,1H3,(H3,21,22)(H,23,26). The minimum absolute atomic E-state index is 0.0242. The SMILES string of the molecule is CCOC(=O)CCN1CCC(NC(=O)c2occ3cc(C(=N)N)ccc23)CC1. The molecule has 0 aliphatic carbocycles. The van der Waals surface area contributed by atoms with Crippen molar-refractivity contribution in [3.05, 3.63) is 35.8 Å². The lowest BCUT2D eigenvalue weighted by molar-refractivity contribution is -0.143. The fraction of sp³-hybridized carbons (Fsp3) is 0.450. The number of nitrogens with zero attached hydrogens (tertiary/aromatic N) is 1. The number of fused-ring (bicyclic) bond motifs is 1. The fourth-order valence-electron chi connectivity index (χ4n) is 3.43. The molecule has 1 aromatic carbocycles. The lowest BCUT2D eigenvalue weighted by atomic mass is 10.0. The van der Waals surface area contributed by atoms with E-state index in [0.717, 1.165) is 31.3 Å². The van der Waals surface area contributed by atoms with E-state index in [-0.39, 0.29) is 29.5 Å². The zero-order valence-corrected chi connectivity index (χ0v) is 16.0. The number of likely N-dealkylation sites (tertiary alicyclic amines) is 1. The number of ether oxygens (including phenoxy) is 1. The zero-order chi connectivity index (χ0) is 20.1. The van der Waals surface area contributed by atoms with Crippen LogP contribution in [0.15, 0.2) is 28.9 Å². The molecule has 28 heavy (non-hydrogen) atoms. The lowest BCUT2D eigenvalue weighted by Crippen LogP contribution is -2.45. The Morgan fingerprint density at radius 3 is 2.79 bits per heavy atom. The van der Waals surface area contributed by atoms with Crippen LogP contribution in [0.2, 0.25) is 0 Å². The van der Waals surface area contributed by atoms with E-state index in [4.69, 9.17) is 20.3 Å². The predicted octanol–water partition coefficient (Wildman–Crippen LogP) is 1.86. The van der Waals surface area contributed by atoms with Crippen molar-refractivity contribution in [3.63, 3.8) is 0 Å². The summed E-state index contributed by atoms with van der Waals surface area (Å²) in [6.07, 6.45) is 3.55. The molecule has 0 bridgehead atoms. The zero-order valence-electron chi connectivity index (χ0n) is 16.0. The molecule has 0 saturated carbocycles. The fourth-order valence-corrected chi connectivity index (χ4v) is 3.43. The van der Waals surface area contributed by atoms with Crippen molar-refractivity contribution in [1.82, 2.24) is 10.2 Å². The van der Waals surface area contributed by atoms with Crippen LogP contribution in [-0.4, -0.2) is 54.9 Å². The Labute approximate surface area is 163 Å². The Balaban J connectivity index is 1.53. The summed E-state index contributed by atoms with van der Waals surface area (Å²) in [4.78, 5) is 26.3. The Morgan fingerprint density at radius 1 is 1.36 bits per heavy atom. The van der Waals surface area contributed by atoms with Gasteiger partial charge in [0, 0.05) is 42.0 Å². The first-order valence-electron chi connectivity index (χ1n) is 9.52. The summed E-state index contributed by atoms with van der Waals surface area (Å²) < 4.78 is 10.4. The number of nitrogens with two attached hydrogens (primary N) is 1. The van der Waals surface area contributed by atoms with Gasteiger partial charge in [-0.05, 0) is 31.9 Å². The molecule has 0 spiro atoms. The number of piperidine rings is 1. The van der Waals surface area contributed by atoms with E-state index in [1.165, 1.54) is 6.26 Å². The Hall–Kier alpha value is -2.87. The summed E-state index contributed by atoms with van der Waals surface area (Å²) in [6, 6.07) is 5.27. The average Bonchev–Trinajstić information content (AvgIpc) is 3.11. The van der Waals surface area contributed by atoms with E-state index in [2.05, 4.69) is 10.2 Å². The van der Waals surface area contributed by atoms with Crippen LogP contribution in [0.3, 0.4) is 0 Å². The first-order chi connectivity index (χ1) is 13.5. The number of amides is 1. The van der Waals surface area contributed by atoms with E-state index >= 15 is 0 Å². The molecule has 2 aromatic rings. The number of benzene rings is 1.